The lowest BCUT2D eigenvalue weighted by Gasteiger charge is -2.36. The number of likely N-dealkylation sites (tertiary alicyclic amines) is 1. The van der Waals surface area contributed by atoms with Crippen molar-refractivity contribution in [2.75, 3.05) is 52.4 Å². The van der Waals surface area contributed by atoms with E-state index in [9.17, 15) is 0 Å². The van der Waals surface area contributed by atoms with Crippen LogP contribution in [0.15, 0.2) is 0 Å². The van der Waals surface area contributed by atoms with Gasteiger partial charge >= 0.3 is 0 Å². The third-order valence-electron chi connectivity index (χ3n) is 4.07. The maximum Gasteiger partial charge on any atom is 0.0950 e. The lowest BCUT2D eigenvalue weighted by Crippen LogP contribution is -2.50. The first-order valence-corrected chi connectivity index (χ1v) is 6.88. The van der Waals surface area contributed by atoms with Gasteiger partial charge in [-0.3, -0.25) is 9.80 Å². The van der Waals surface area contributed by atoms with Gasteiger partial charge in [0.1, 0.15) is 0 Å². The van der Waals surface area contributed by atoms with Crippen LogP contribution in [0, 0.1) is 11.3 Å². The van der Waals surface area contributed by atoms with E-state index in [2.05, 4.69) is 20.8 Å². The zero-order chi connectivity index (χ0) is 12.1. The molecule has 4 nitrogen and oxygen atoms in total. The summed E-state index contributed by atoms with van der Waals surface area (Å²) >= 11 is 0. The molecule has 2 aliphatic rings. The molecule has 0 aliphatic carbocycles. The summed E-state index contributed by atoms with van der Waals surface area (Å²) in [5, 5.41) is 8.89. The highest BCUT2D eigenvalue weighted by Gasteiger charge is 2.21. The lowest BCUT2D eigenvalue weighted by atomic mass is 10.2. The molecule has 4 heteroatoms. The first kappa shape index (κ1) is 12.8. The van der Waals surface area contributed by atoms with Gasteiger partial charge in [0.25, 0.3) is 0 Å². The zero-order valence-corrected chi connectivity index (χ0v) is 10.9. The van der Waals surface area contributed by atoms with Crippen molar-refractivity contribution in [3.63, 3.8) is 0 Å². The molecule has 2 aliphatic heterocycles. The molecule has 0 spiro atoms. The van der Waals surface area contributed by atoms with Gasteiger partial charge < -0.3 is 4.90 Å². The van der Waals surface area contributed by atoms with Crippen molar-refractivity contribution < 1.29 is 0 Å². The fraction of sp³-hybridized carbons (Fsp3) is 0.923. The average molecular weight is 236 g/mol. The quantitative estimate of drug-likeness (QED) is 0.716. The second-order valence-corrected chi connectivity index (χ2v) is 5.23. The molecule has 96 valence electrons. The van der Waals surface area contributed by atoms with Gasteiger partial charge in [-0.25, -0.2) is 0 Å². The fourth-order valence-corrected chi connectivity index (χ4v) is 2.74. The van der Waals surface area contributed by atoms with Crippen molar-refractivity contribution in [1.29, 1.82) is 5.26 Å². The van der Waals surface area contributed by atoms with Crippen molar-refractivity contribution in [3.8, 4) is 6.07 Å². The monoisotopic (exact) mass is 236 g/mol. The summed E-state index contributed by atoms with van der Waals surface area (Å²) in [6, 6.07) is 2.40. The van der Waals surface area contributed by atoms with Crippen LogP contribution in [-0.4, -0.2) is 73.1 Å². The Bertz CT molecular complexity index is 259. The molecule has 0 N–H and O–H groups in total. The van der Waals surface area contributed by atoms with Gasteiger partial charge in [0.15, 0.2) is 0 Å². The maximum atomic E-state index is 8.89. The molecule has 0 amide bonds. The zero-order valence-electron chi connectivity index (χ0n) is 10.9. The lowest BCUT2D eigenvalue weighted by molar-refractivity contribution is 0.111. The molecule has 1 unspecified atom stereocenters. The van der Waals surface area contributed by atoms with Crippen molar-refractivity contribution >= 4 is 0 Å². The van der Waals surface area contributed by atoms with E-state index < -0.39 is 0 Å². The van der Waals surface area contributed by atoms with Gasteiger partial charge in [0, 0.05) is 39.3 Å². The Labute approximate surface area is 105 Å². The van der Waals surface area contributed by atoms with E-state index in [0.29, 0.717) is 0 Å². The molecule has 2 saturated heterocycles. The molecule has 0 saturated carbocycles. The Balaban J connectivity index is 1.63. The van der Waals surface area contributed by atoms with Crippen LogP contribution in [-0.2, 0) is 0 Å². The molecule has 0 aromatic rings. The summed E-state index contributed by atoms with van der Waals surface area (Å²) in [7, 11) is 0. The largest absolute Gasteiger partial charge is 0.302 e. The summed E-state index contributed by atoms with van der Waals surface area (Å²) in [4.78, 5) is 7.40. The predicted molar refractivity (Wildman–Crippen MR) is 68.8 cm³/mol. The second kappa shape index (κ2) is 6.34. The molecule has 2 fully saturated rings. The van der Waals surface area contributed by atoms with Gasteiger partial charge in [-0.05, 0) is 32.9 Å². The number of hydrogen-bond donors (Lipinski definition) is 0. The van der Waals surface area contributed by atoms with E-state index in [1.54, 1.807) is 0 Å². The molecule has 0 bridgehead atoms. The fourth-order valence-electron chi connectivity index (χ4n) is 2.74. The summed E-state index contributed by atoms with van der Waals surface area (Å²) < 4.78 is 0. The van der Waals surface area contributed by atoms with E-state index in [-0.39, 0.29) is 6.04 Å². The number of nitriles is 1. The molecule has 2 rings (SSSR count). The third-order valence-corrected chi connectivity index (χ3v) is 4.07. The molecule has 0 radical (unpaired) electrons. The first-order chi connectivity index (χ1) is 8.29. The Hall–Kier alpha value is -0.630. The third kappa shape index (κ3) is 3.67. The SMILES string of the molecule is CC(C#N)N1CCN(CCN2CCCC2)CC1. The molecular formula is C13H24N4. The van der Waals surface area contributed by atoms with E-state index in [4.69, 9.17) is 5.26 Å². The van der Waals surface area contributed by atoms with Crippen LogP contribution in [0.25, 0.3) is 0 Å². The van der Waals surface area contributed by atoms with Gasteiger partial charge in [-0.15, -0.1) is 0 Å². The minimum atomic E-state index is 0.0794. The highest BCUT2D eigenvalue weighted by Crippen LogP contribution is 2.09. The minimum Gasteiger partial charge on any atom is -0.302 e. The van der Waals surface area contributed by atoms with Crippen LogP contribution in [0.2, 0.25) is 0 Å². The van der Waals surface area contributed by atoms with E-state index >= 15 is 0 Å². The van der Waals surface area contributed by atoms with Crippen LogP contribution in [0.5, 0.6) is 0 Å². The average Bonchev–Trinajstić information content (AvgIpc) is 2.89. The van der Waals surface area contributed by atoms with Crippen molar-refractivity contribution in [1.82, 2.24) is 14.7 Å². The van der Waals surface area contributed by atoms with Gasteiger partial charge in [0.05, 0.1) is 12.1 Å². The second-order valence-electron chi connectivity index (χ2n) is 5.23. The Morgan fingerprint density at radius 2 is 1.47 bits per heavy atom. The summed E-state index contributed by atoms with van der Waals surface area (Å²) in [5.74, 6) is 0. The Morgan fingerprint density at radius 3 is 2.00 bits per heavy atom. The molecule has 0 aromatic heterocycles. The van der Waals surface area contributed by atoms with E-state index in [1.165, 1.54) is 39.0 Å². The highest BCUT2D eigenvalue weighted by atomic mass is 15.3. The maximum absolute atomic E-state index is 8.89. The molecule has 1 atom stereocenters. The smallest absolute Gasteiger partial charge is 0.0950 e. The van der Waals surface area contributed by atoms with Crippen LogP contribution >= 0.6 is 0 Å². The number of piperazine rings is 1. The Morgan fingerprint density at radius 1 is 0.941 bits per heavy atom. The van der Waals surface area contributed by atoms with Gasteiger partial charge in [-0.2, -0.15) is 5.26 Å². The first-order valence-electron chi connectivity index (χ1n) is 6.88. The molecular weight excluding hydrogens is 212 g/mol. The number of hydrogen-bond acceptors (Lipinski definition) is 4. The minimum absolute atomic E-state index is 0.0794. The summed E-state index contributed by atoms with van der Waals surface area (Å²) in [6.07, 6.45) is 2.76. The predicted octanol–water partition coefficient (Wildman–Crippen LogP) is 0.612. The summed E-state index contributed by atoms with van der Waals surface area (Å²) in [5.41, 5.74) is 0. The van der Waals surface area contributed by atoms with Crippen molar-refractivity contribution in [3.05, 3.63) is 0 Å². The van der Waals surface area contributed by atoms with Crippen LogP contribution in [0.4, 0.5) is 0 Å². The van der Waals surface area contributed by atoms with Crippen LogP contribution < -0.4 is 0 Å². The number of rotatable bonds is 4. The summed E-state index contributed by atoms with van der Waals surface area (Å²) in [6.45, 7) is 11.4. The van der Waals surface area contributed by atoms with E-state index in [1.807, 2.05) is 6.92 Å². The molecule has 0 aromatic carbocycles. The highest BCUT2D eigenvalue weighted by molar-refractivity contribution is 4.90. The normalized spacial score (nSPS) is 25.9. The van der Waals surface area contributed by atoms with E-state index in [0.717, 1.165) is 26.2 Å². The molecule has 17 heavy (non-hydrogen) atoms. The van der Waals surface area contributed by atoms with Gasteiger partial charge in [-0.1, -0.05) is 0 Å². The van der Waals surface area contributed by atoms with Crippen molar-refractivity contribution in [2.45, 2.75) is 25.8 Å². The van der Waals surface area contributed by atoms with Gasteiger partial charge in [0.2, 0.25) is 0 Å². The van der Waals surface area contributed by atoms with Crippen LogP contribution in [0.3, 0.4) is 0 Å². The van der Waals surface area contributed by atoms with Crippen LogP contribution in [0.1, 0.15) is 19.8 Å². The Kier molecular flexibility index (Phi) is 4.78. The molecule has 2 heterocycles. The van der Waals surface area contributed by atoms with Crippen molar-refractivity contribution in [2.24, 2.45) is 0 Å². The topological polar surface area (TPSA) is 33.5 Å². The standard InChI is InChI=1S/C13H24N4/c1-13(12-14)17-10-8-16(9-11-17)7-6-15-4-2-3-5-15/h13H,2-11H2,1H3. The number of nitrogens with zero attached hydrogens (tertiary/aromatic N) is 4.